The molecule has 0 saturated heterocycles. The summed E-state index contributed by atoms with van der Waals surface area (Å²) < 4.78 is 0. The summed E-state index contributed by atoms with van der Waals surface area (Å²) in [6, 6.07) is 7.21. The SMILES string of the molecule is O=C(c1cc(Cl)c(O)cc1Cl)c1c(Cl)cccc1Cl. The Morgan fingerprint density at radius 1 is 0.895 bits per heavy atom. The summed E-state index contributed by atoms with van der Waals surface area (Å²) in [6.07, 6.45) is 0. The van der Waals surface area contributed by atoms with Gasteiger partial charge in [-0.25, -0.2) is 0 Å². The first kappa shape index (κ1) is 14.5. The Labute approximate surface area is 129 Å². The van der Waals surface area contributed by atoms with Gasteiger partial charge >= 0.3 is 0 Å². The maximum atomic E-state index is 12.4. The lowest BCUT2D eigenvalue weighted by Crippen LogP contribution is -2.04. The van der Waals surface area contributed by atoms with Crippen molar-refractivity contribution in [3.8, 4) is 5.75 Å². The van der Waals surface area contributed by atoms with Crippen LogP contribution in [-0.4, -0.2) is 10.9 Å². The molecule has 0 heterocycles. The molecule has 0 atom stereocenters. The van der Waals surface area contributed by atoms with Crippen LogP contribution in [0.25, 0.3) is 0 Å². The summed E-state index contributed by atoms with van der Waals surface area (Å²) in [7, 11) is 0. The molecule has 0 unspecified atom stereocenters. The van der Waals surface area contributed by atoms with Gasteiger partial charge in [-0.15, -0.1) is 0 Å². The van der Waals surface area contributed by atoms with Crippen molar-refractivity contribution in [1.82, 2.24) is 0 Å². The normalized spacial score (nSPS) is 10.5. The van der Waals surface area contributed by atoms with Gasteiger partial charge in [0.15, 0.2) is 5.78 Å². The molecule has 2 aromatic rings. The minimum absolute atomic E-state index is 0.0240. The quantitative estimate of drug-likeness (QED) is 0.762. The third kappa shape index (κ3) is 2.82. The van der Waals surface area contributed by atoms with Crippen molar-refractivity contribution in [1.29, 1.82) is 0 Å². The van der Waals surface area contributed by atoms with Gasteiger partial charge < -0.3 is 5.11 Å². The highest BCUT2D eigenvalue weighted by molar-refractivity contribution is 6.43. The van der Waals surface area contributed by atoms with Crippen LogP contribution in [0.3, 0.4) is 0 Å². The van der Waals surface area contributed by atoms with Crippen LogP contribution in [0.1, 0.15) is 15.9 Å². The summed E-state index contributed by atoms with van der Waals surface area (Å²) in [4.78, 5) is 12.4. The molecule has 6 heteroatoms. The fourth-order valence-corrected chi connectivity index (χ4v) is 2.54. The number of ketones is 1. The van der Waals surface area contributed by atoms with Crippen molar-refractivity contribution in [2.75, 3.05) is 0 Å². The van der Waals surface area contributed by atoms with Crippen molar-refractivity contribution in [3.63, 3.8) is 0 Å². The first-order chi connectivity index (χ1) is 8.91. The van der Waals surface area contributed by atoms with Crippen LogP contribution >= 0.6 is 46.4 Å². The molecule has 0 saturated carbocycles. The molecule has 0 radical (unpaired) electrons. The van der Waals surface area contributed by atoms with Crippen LogP contribution in [0.5, 0.6) is 5.75 Å². The molecule has 0 aromatic heterocycles. The first-order valence-corrected chi connectivity index (χ1v) is 6.59. The summed E-state index contributed by atoms with van der Waals surface area (Å²) >= 11 is 23.6. The number of phenols is 1. The van der Waals surface area contributed by atoms with Gasteiger partial charge in [0.1, 0.15) is 5.75 Å². The zero-order chi connectivity index (χ0) is 14.2. The van der Waals surface area contributed by atoms with Crippen LogP contribution < -0.4 is 0 Å². The zero-order valence-electron chi connectivity index (χ0n) is 9.25. The Hall–Kier alpha value is -0.930. The Bertz CT molecular complexity index is 648. The number of hydrogen-bond donors (Lipinski definition) is 1. The predicted octanol–water partition coefficient (Wildman–Crippen LogP) is 5.24. The average molecular weight is 336 g/mol. The number of aromatic hydroxyl groups is 1. The highest BCUT2D eigenvalue weighted by Gasteiger charge is 2.20. The van der Waals surface area contributed by atoms with Crippen molar-refractivity contribution in [2.24, 2.45) is 0 Å². The van der Waals surface area contributed by atoms with E-state index in [0.717, 1.165) is 0 Å². The number of benzene rings is 2. The standard InChI is InChI=1S/C13H6Cl4O2/c14-7-2-1-3-8(15)12(7)13(19)6-4-10(17)11(18)5-9(6)16/h1-5,18H. The highest BCUT2D eigenvalue weighted by atomic mass is 35.5. The van der Waals surface area contributed by atoms with Gasteiger partial charge in [0.25, 0.3) is 0 Å². The lowest BCUT2D eigenvalue weighted by Gasteiger charge is -2.08. The highest BCUT2D eigenvalue weighted by Crippen LogP contribution is 2.34. The molecule has 0 fully saturated rings. The summed E-state index contributed by atoms with van der Waals surface area (Å²) in [6.45, 7) is 0. The molecular weight excluding hydrogens is 330 g/mol. The van der Waals surface area contributed by atoms with Gasteiger partial charge in [0.05, 0.1) is 25.7 Å². The maximum absolute atomic E-state index is 12.4. The van der Waals surface area contributed by atoms with Crippen LogP contribution in [0.2, 0.25) is 20.1 Å². The van der Waals surface area contributed by atoms with Crippen molar-refractivity contribution >= 4 is 52.2 Å². The fourth-order valence-electron chi connectivity index (χ4n) is 1.56. The molecule has 0 amide bonds. The third-order valence-electron chi connectivity index (χ3n) is 2.47. The van der Waals surface area contributed by atoms with E-state index in [0.29, 0.717) is 0 Å². The Morgan fingerprint density at radius 3 is 2.05 bits per heavy atom. The topological polar surface area (TPSA) is 37.3 Å². The van der Waals surface area contributed by atoms with Crippen molar-refractivity contribution in [2.45, 2.75) is 0 Å². The second kappa shape index (κ2) is 5.59. The van der Waals surface area contributed by atoms with E-state index in [1.807, 2.05) is 0 Å². The molecule has 2 rings (SSSR count). The first-order valence-electron chi connectivity index (χ1n) is 5.08. The van der Waals surface area contributed by atoms with Crippen molar-refractivity contribution < 1.29 is 9.90 Å². The monoisotopic (exact) mass is 334 g/mol. The van der Waals surface area contributed by atoms with E-state index in [2.05, 4.69) is 0 Å². The molecule has 0 aliphatic heterocycles. The van der Waals surface area contributed by atoms with E-state index in [9.17, 15) is 9.90 Å². The van der Waals surface area contributed by atoms with Gasteiger partial charge in [-0.1, -0.05) is 52.5 Å². The minimum Gasteiger partial charge on any atom is -0.506 e. The fraction of sp³-hybridized carbons (Fsp3) is 0. The lowest BCUT2D eigenvalue weighted by atomic mass is 10.0. The van der Waals surface area contributed by atoms with Gasteiger partial charge in [0, 0.05) is 11.6 Å². The van der Waals surface area contributed by atoms with E-state index in [4.69, 9.17) is 46.4 Å². The maximum Gasteiger partial charge on any atom is 0.197 e. The van der Waals surface area contributed by atoms with E-state index in [1.165, 1.54) is 12.1 Å². The Morgan fingerprint density at radius 2 is 1.47 bits per heavy atom. The van der Waals surface area contributed by atoms with Gasteiger partial charge in [-0.05, 0) is 18.2 Å². The Balaban J connectivity index is 2.60. The number of carbonyl (C=O) groups is 1. The van der Waals surface area contributed by atoms with Gasteiger partial charge in [-0.3, -0.25) is 4.79 Å². The van der Waals surface area contributed by atoms with Gasteiger partial charge in [0.2, 0.25) is 0 Å². The number of phenolic OH excluding ortho intramolecular Hbond substituents is 1. The third-order valence-corrected chi connectivity index (χ3v) is 3.72. The number of hydrogen-bond acceptors (Lipinski definition) is 2. The van der Waals surface area contributed by atoms with Crippen LogP contribution in [0.15, 0.2) is 30.3 Å². The molecule has 0 aliphatic rings. The second-order valence-electron chi connectivity index (χ2n) is 3.71. The van der Waals surface area contributed by atoms with Crippen LogP contribution in [0, 0.1) is 0 Å². The number of rotatable bonds is 2. The van der Waals surface area contributed by atoms with Gasteiger partial charge in [-0.2, -0.15) is 0 Å². The van der Waals surface area contributed by atoms with E-state index in [-0.39, 0.29) is 37.0 Å². The summed E-state index contributed by atoms with van der Waals surface area (Å²) in [5.74, 6) is -0.657. The summed E-state index contributed by atoms with van der Waals surface area (Å²) in [5, 5.41) is 9.94. The number of carbonyl (C=O) groups excluding carboxylic acids is 1. The van der Waals surface area contributed by atoms with E-state index in [1.54, 1.807) is 18.2 Å². The minimum atomic E-state index is -0.456. The zero-order valence-corrected chi connectivity index (χ0v) is 12.3. The van der Waals surface area contributed by atoms with Crippen molar-refractivity contribution in [3.05, 3.63) is 61.5 Å². The molecule has 2 aromatic carbocycles. The molecule has 0 bridgehead atoms. The van der Waals surface area contributed by atoms with Crippen LogP contribution in [-0.2, 0) is 0 Å². The molecule has 1 N–H and O–H groups in total. The van der Waals surface area contributed by atoms with E-state index < -0.39 is 5.78 Å². The lowest BCUT2D eigenvalue weighted by molar-refractivity contribution is 0.103. The number of halogens is 4. The molecular formula is C13H6Cl4O2. The molecule has 0 aliphatic carbocycles. The molecule has 98 valence electrons. The predicted molar refractivity (Wildman–Crippen MR) is 78.0 cm³/mol. The average Bonchev–Trinajstić information content (AvgIpc) is 2.33. The molecule has 2 nitrogen and oxygen atoms in total. The van der Waals surface area contributed by atoms with E-state index >= 15 is 0 Å². The Kier molecular flexibility index (Phi) is 4.26. The smallest absolute Gasteiger partial charge is 0.197 e. The van der Waals surface area contributed by atoms with Crippen LogP contribution in [0.4, 0.5) is 0 Å². The summed E-state index contributed by atoms with van der Waals surface area (Å²) in [5.41, 5.74) is 0.272. The second-order valence-corrected chi connectivity index (χ2v) is 5.34. The molecule has 0 spiro atoms. The largest absolute Gasteiger partial charge is 0.506 e. The molecule has 19 heavy (non-hydrogen) atoms.